The first-order chi connectivity index (χ1) is 13.9. The van der Waals surface area contributed by atoms with Gasteiger partial charge in [-0.2, -0.15) is 4.31 Å². The zero-order chi connectivity index (χ0) is 20.9. The van der Waals surface area contributed by atoms with E-state index in [2.05, 4.69) is 10.5 Å². The lowest BCUT2D eigenvalue weighted by atomic mass is 9.95. The lowest BCUT2D eigenvalue weighted by molar-refractivity contribution is -0.122. The van der Waals surface area contributed by atoms with Crippen molar-refractivity contribution in [3.8, 4) is 0 Å². The van der Waals surface area contributed by atoms with Gasteiger partial charge < -0.3 is 19.5 Å². The molecule has 0 radical (unpaired) electrons. The van der Waals surface area contributed by atoms with Crippen LogP contribution in [0.4, 0.5) is 0 Å². The van der Waals surface area contributed by atoms with Crippen LogP contribution in [0.1, 0.15) is 43.6 Å². The number of morpholine rings is 1. The molecule has 0 aromatic carbocycles. The number of nitrogens with one attached hydrogen (secondary N) is 1. The van der Waals surface area contributed by atoms with Crippen LogP contribution in [0, 0.1) is 6.92 Å². The van der Waals surface area contributed by atoms with E-state index in [0.717, 1.165) is 43.1 Å². The summed E-state index contributed by atoms with van der Waals surface area (Å²) in [5.74, 6) is -0.129. The molecule has 3 rings (SSSR count). The Morgan fingerprint density at radius 3 is 2.66 bits per heavy atom. The highest BCUT2D eigenvalue weighted by atomic mass is 32.2. The van der Waals surface area contributed by atoms with E-state index in [1.165, 1.54) is 13.5 Å². The molecular formula is C19H30N4O5S. The van der Waals surface area contributed by atoms with Gasteiger partial charge in [0.1, 0.15) is 5.69 Å². The van der Waals surface area contributed by atoms with Gasteiger partial charge in [-0.05, 0) is 19.8 Å². The standard InChI is InChI=1S/C19H30N4O5S/c1-15-19(17(28-21-15)8-9-23-10-12-27-13-11-23)29(25,26)22(2)14-18(24)20-16-6-4-3-5-7-16/h8-9,16H,3-7,10-14H2,1-2H3,(H,20,24)/b9-8+. The highest BCUT2D eigenvalue weighted by Crippen LogP contribution is 2.25. The van der Waals surface area contributed by atoms with Crippen LogP contribution >= 0.6 is 0 Å². The summed E-state index contributed by atoms with van der Waals surface area (Å²) in [5, 5.41) is 6.77. The summed E-state index contributed by atoms with van der Waals surface area (Å²) in [4.78, 5) is 14.4. The molecule has 1 amide bonds. The topological polar surface area (TPSA) is 105 Å². The molecule has 0 unspecified atom stereocenters. The van der Waals surface area contributed by atoms with Crippen molar-refractivity contribution >= 4 is 22.0 Å². The molecule has 162 valence electrons. The maximum absolute atomic E-state index is 13.1. The van der Waals surface area contributed by atoms with Crippen molar-refractivity contribution in [1.82, 2.24) is 19.7 Å². The van der Waals surface area contributed by atoms with Gasteiger partial charge in [0, 0.05) is 38.5 Å². The minimum Gasteiger partial charge on any atom is -0.378 e. The van der Waals surface area contributed by atoms with E-state index in [-0.39, 0.29) is 34.8 Å². The van der Waals surface area contributed by atoms with Crippen molar-refractivity contribution in [2.24, 2.45) is 0 Å². The van der Waals surface area contributed by atoms with E-state index in [9.17, 15) is 13.2 Å². The summed E-state index contributed by atoms with van der Waals surface area (Å²) >= 11 is 0. The zero-order valence-electron chi connectivity index (χ0n) is 17.1. The maximum Gasteiger partial charge on any atom is 0.249 e. The number of hydrogen-bond acceptors (Lipinski definition) is 7. The fourth-order valence-corrected chi connectivity index (χ4v) is 5.03. The zero-order valence-corrected chi connectivity index (χ0v) is 17.9. The first-order valence-corrected chi connectivity index (χ1v) is 11.5. The van der Waals surface area contributed by atoms with Crippen LogP contribution in [0.15, 0.2) is 15.6 Å². The lowest BCUT2D eigenvalue weighted by Crippen LogP contribution is -2.43. The smallest absolute Gasteiger partial charge is 0.249 e. The number of carbonyl (C=O) groups is 1. The number of rotatable bonds is 7. The predicted molar refractivity (Wildman–Crippen MR) is 107 cm³/mol. The van der Waals surface area contributed by atoms with Crippen LogP contribution in [0.2, 0.25) is 0 Å². The fraction of sp³-hybridized carbons (Fsp3) is 0.684. The van der Waals surface area contributed by atoms with Crippen molar-refractivity contribution in [3.05, 3.63) is 17.7 Å². The number of ether oxygens (including phenoxy) is 1. The first-order valence-electron chi connectivity index (χ1n) is 10.1. The van der Waals surface area contributed by atoms with Gasteiger partial charge in [0.15, 0.2) is 10.7 Å². The second-order valence-electron chi connectivity index (χ2n) is 7.59. The Bertz CT molecular complexity index is 824. The normalized spacial score (nSPS) is 19.2. The Balaban J connectivity index is 1.68. The highest BCUT2D eigenvalue weighted by Gasteiger charge is 2.31. The third-order valence-electron chi connectivity index (χ3n) is 5.32. The van der Waals surface area contributed by atoms with Crippen molar-refractivity contribution in [2.75, 3.05) is 39.9 Å². The molecule has 2 aliphatic rings. The summed E-state index contributed by atoms with van der Waals surface area (Å²) in [6.07, 6.45) is 8.67. The Hall–Kier alpha value is -1.91. The van der Waals surface area contributed by atoms with Crippen LogP contribution in [-0.2, 0) is 19.6 Å². The third kappa shape index (κ3) is 5.58. The molecule has 1 saturated heterocycles. The number of nitrogens with zero attached hydrogens (tertiary/aromatic N) is 3. The van der Waals surface area contributed by atoms with E-state index in [1.54, 1.807) is 19.2 Å². The molecule has 1 N–H and O–H groups in total. The molecule has 29 heavy (non-hydrogen) atoms. The second-order valence-corrected chi connectivity index (χ2v) is 9.57. The van der Waals surface area contributed by atoms with Gasteiger partial charge in [0.25, 0.3) is 0 Å². The largest absolute Gasteiger partial charge is 0.378 e. The molecule has 10 heteroatoms. The monoisotopic (exact) mass is 426 g/mol. The Morgan fingerprint density at radius 1 is 1.28 bits per heavy atom. The van der Waals surface area contributed by atoms with Crippen LogP contribution in [-0.4, -0.2) is 74.6 Å². The number of amides is 1. The SMILES string of the molecule is Cc1noc(/C=C/N2CCOCC2)c1S(=O)(=O)N(C)CC(=O)NC1CCCCC1. The van der Waals surface area contributed by atoms with Gasteiger partial charge in [-0.1, -0.05) is 24.4 Å². The third-order valence-corrected chi connectivity index (χ3v) is 7.28. The number of aryl methyl sites for hydroxylation is 1. The van der Waals surface area contributed by atoms with E-state index in [1.807, 2.05) is 4.90 Å². The predicted octanol–water partition coefficient (Wildman–Crippen LogP) is 1.36. The number of aromatic nitrogens is 1. The van der Waals surface area contributed by atoms with Crippen molar-refractivity contribution in [1.29, 1.82) is 0 Å². The Morgan fingerprint density at radius 2 is 1.97 bits per heavy atom. The molecule has 0 spiro atoms. The van der Waals surface area contributed by atoms with E-state index in [0.29, 0.717) is 13.2 Å². The molecule has 1 aliphatic heterocycles. The van der Waals surface area contributed by atoms with E-state index >= 15 is 0 Å². The second kappa shape index (κ2) is 9.73. The van der Waals surface area contributed by atoms with E-state index in [4.69, 9.17) is 9.26 Å². The average Bonchev–Trinajstić information content (AvgIpc) is 3.09. The summed E-state index contributed by atoms with van der Waals surface area (Å²) < 4.78 is 37.8. The van der Waals surface area contributed by atoms with Gasteiger partial charge in [0.2, 0.25) is 15.9 Å². The molecule has 1 aliphatic carbocycles. The molecule has 9 nitrogen and oxygen atoms in total. The van der Waals surface area contributed by atoms with Crippen molar-refractivity contribution in [2.45, 2.75) is 50.0 Å². The molecule has 1 saturated carbocycles. The van der Waals surface area contributed by atoms with Crippen molar-refractivity contribution in [3.63, 3.8) is 0 Å². The summed E-state index contributed by atoms with van der Waals surface area (Å²) in [6, 6.07) is 0.136. The Labute approximate surface area is 172 Å². The molecule has 0 atom stereocenters. The highest BCUT2D eigenvalue weighted by molar-refractivity contribution is 7.89. The Kier molecular flexibility index (Phi) is 7.31. The van der Waals surface area contributed by atoms with Gasteiger partial charge >= 0.3 is 0 Å². The van der Waals surface area contributed by atoms with Gasteiger partial charge in [-0.15, -0.1) is 0 Å². The fourth-order valence-electron chi connectivity index (χ4n) is 3.66. The molecule has 2 heterocycles. The minimum absolute atomic E-state index is 0.00465. The van der Waals surface area contributed by atoms with Gasteiger partial charge in [0.05, 0.1) is 19.8 Å². The summed E-state index contributed by atoms with van der Waals surface area (Å²) in [6.45, 7) is 4.06. The summed E-state index contributed by atoms with van der Waals surface area (Å²) in [7, 11) is -2.52. The number of hydrogen-bond donors (Lipinski definition) is 1. The molecular weight excluding hydrogens is 396 g/mol. The number of likely N-dealkylation sites (N-methyl/N-ethyl adjacent to an activating group) is 1. The van der Waals surface area contributed by atoms with Gasteiger partial charge in [-0.3, -0.25) is 4.79 Å². The van der Waals surface area contributed by atoms with Crippen LogP contribution in [0.25, 0.3) is 6.08 Å². The van der Waals surface area contributed by atoms with Crippen LogP contribution in [0.5, 0.6) is 0 Å². The van der Waals surface area contributed by atoms with E-state index < -0.39 is 10.0 Å². The molecule has 2 fully saturated rings. The summed E-state index contributed by atoms with van der Waals surface area (Å²) in [5.41, 5.74) is 0.270. The number of sulfonamides is 1. The molecule has 0 bridgehead atoms. The first kappa shape index (κ1) is 21.8. The molecule has 1 aromatic heterocycles. The van der Waals surface area contributed by atoms with Crippen LogP contribution < -0.4 is 5.32 Å². The van der Waals surface area contributed by atoms with Gasteiger partial charge in [-0.25, -0.2) is 8.42 Å². The number of carbonyl (C=O) groups excluding carboxylic acids is 1. The molecule has 1 aromatic rings. The lowest BCUT2D eigenvalue weighted by Gasteiger charge is -2.25. The average molecular weight is 427 g/mol. The van der Waals surface area contributed by atoms with Crippen LogP contribution in [0.3, 0.4) is 0 Å². The maximum atomic E-state index is 13.1. The van der Waals surface area contributed by atoms with Crippen molar-refractivity contribution < 1.29 is 22.5 Å². The quantitative estimate of drug-likeness (QED) is 0.702. The minimum atomic E-state index is -3.92.